The minimum Gasteiger partial charge on any atom is -0.369 e. The molecule has 158 valence electrons. The normalized spacial score (nSPS) is 16.1. The maximum absolute atomic E-state index is 13.7. The maximum Gasteiger partial charge on any atom is 0.191 e. The molecule has 1 fully saturated rings. The van der Waals surface area contributed by atoms with Crippen LogP contribution in [0.2, 0.25) is 0 Å². The smallest absolute Gasteiger partial charge is 0.191 e. The van der Waals surface area contributed by atoms with Gasteiger partial charge in [0, 0.05) is 63.6 Å². The highest BCUT2D eigenvalue weighted by molar-refractivity contribution is 14.0. The van der Waals surface area contributed by atoms with Gasteiger partial charge in [-0.25, -0.2) is 4.39 Å². The number of hydrogen-bond acceptors (Lipinski definition) is 3. The minimum atomic E-state index is -0.199. The van der Waals surface area contributed by atoms with Crippen LogP contribution in [0, 0.1) is 5.82 Å². The standard InChI is InChI=1S/C22H30FN5.HI/c1-18(27-12-14-28(15-13-27)20-9-4-3-5-10-20)16-25-22(24-2)26-17-19-8-6-7-11-21(19)23;/h3-11,18H,12-17H2,1-2H3,(H2,24,25,26);1H. The Labute approximate surface area is 190 Å². The van der Waals surface area contributed by atoms with Crippen LogP contribution in [-0.2, 0) is 6.54 Å². The zero-order chi connectivity index (χ0) is 19.8. The quantitative estimate of drug-likeness (QED) is 0.355. The number of aliphatic imine (C=N–C) groups is 1. The van der Waals surface area contributed by atoms with Crippen molar-refractivity contribution in [1.29, 1.82) is 0 Å². The van der Waals surface area contributed by atoms with Gasteiger partial charge in [0.25, 0.3) is 0 Å². The number of nitrogens with one attached hydrogen (secondary N) is 2. The molecule has 1 unspecified atom stereocenters. The summed E-state index contributed by atoms with van der Waals surface area (Å²) in [6.07, 6.45) is 0. The average molecular weight is 511 g/mol. The van der Waals surface area contributed by atoms with E-state index >= 15 is 0 Å². The molecule has 2 N–H and O–H groups in total. The maximum atomic E-state index is 13.7. The first kappa shape index (κ1) is 23.4. The van der Waals surface area contributed by atoms with Crippen LogP contribution in [0.3, 0.4) is 0 Å². The Bertz CT molecular complexity index is 763. The molecule has 1 aliphatic heterocycles. The van der Waals surface area contributed by atoms with Crippen LogP contribution in [0.25, 0.3) is 0 Å². The van der Waals surface area contributed by atoms with Gasteiger partial charge in [-0.3, -0.25) is 9.89 Å². The number of benzene rings is 2. The summed E-state index contributed by atoms with van der Waals surface area (Å²) in [5.74, 6) is 0.494. The van der Waals surface area contributed by atoms with Gasteiger partial charge in [0.05, 0.1) is 0 Å². The van der Waals surface area contributed by atoms with Crippen molar-refractivity contribution in [2.24, 2.45) is 4.99 Å². The Morgan fingerprint density at radius 3 is 2.31 bits per heavy atom. The number of piperazine rings is 1. The fraction of sp³-hybridized carbons (Fsp3) is 0.409. The van der Waals surface area contributed by atoms with Crippen molar-refractivity contribution in [3.63, 3.8) is 0 Å². The Balaban J connectivity index is 0.00000300. The minimum absolute atomic E-state index is 0. The van der Waals surface area contributed by atoms with Gasteiger partial charge in [-0.15, -0.1) is 24.0 Å². The van der Waals surface area contributed by atoms with Crippen LogP contribution < -0.4 is 15.5 Å². The number of anilines is 1. The predicted molar refractivity (Wildman–Crippen MR) is 130 cm³/mol. The van der Waals surface area contributed by atoms with Crippen LogP contribution in [0.15, 0.2) is 59.6 Å². The van der Waals surface area contributed by atoms with E-state index in [2.05, 4.69) is 62.7 Å². The van der Waals surface area contributed by atoms with Gasteiger partial charge in [0.15, 0.2) is 5.96 Å². The Morgan fingerprint density at radius 2 is 1.66 bits per heavy atom. The van der Waals surface area contributed by atoms with Crippen molar-refractivity contribution in [3.8, 4) is 0 Å². The molecule has 2 aromatic carbocycles. The van der Waals surface area contributed by atoms with Crippen molar-refractivity contribution in [2.75, 3.05) is 44.7 Å². The van der Waals surface area contributed by atoms with Crippen LogP contribution in [0.5, 0.6) is 0 Å². The van der Waals surface area contributed by atoms with Crippen molar-refractivity contribution in [2.45, 2.75) is 19.5 Å². The van der Waals surface area contributed by atoms with E-state index in [0.29, 0.717) is 24.1 Å². The summed E-state index contributed by atoms with van der Waals surface area (Å²) in [6.45, 7) is 7.59. The van der Waals surface area contributed by atoms with Crippen LogP contribution >= 0.6 is 24.0 Å². The molecule has 1 heterocycles. The number of para-hydroxylation sites is 1. The second-order valence-corrected chi connectivity index (χ2v) is 7.11. The van der Waals surface area contributed by atoms with Gasteiger partial charge in [0.1, 0.15) is 5.82 Å². The monoisotopic (exact) mass is 511 g/mol. The van der Waals surface area contributed by atoms with Gasteiger partial charge in [0.2, 0.25) is 0 Å². The number of halogens is 2. The highest BCUT2D eigenvalue weighted by atomic mass is 127. The number of guanidine groups is 1. The molecular formula is C22H31FIN5. The van der Waals surface area contributed by atoms with E-state index in [0.717, 1.165) is 32.7 Å². The molecule has 0 spiro atoms. The summed E-state index contributed by atoms with van der Waals surface area (Å²) in [7, 11) is 1.74. The first-order chi connectivity index (χ1) is 13.7. The molecule has 0 amide bonds. The van der Waals surface area contributed by atoms with E-state index in [1.54, 1.807) is 19.2 Å². The number of rotatable bonds is 6. The predicted octanol–water partition coefficient (Wildman–Crippen LogP) is 3.32. The average Bonchev–Trinajstić information content (AvgIpc) is 2.75. The molecule has 2 aromatic rings. The summed E-state index contributed by atoms with van der Waals surface area (Å²) in [6, 6.07) is 17.8. The summed E-state index contributed by atoms with van der Waals surface area (Å²) in [5.41, 5.74) is 1.93. The second kappa shape index (κ2) is 12.0. The molecule has 1 atom stereocenters. The molecule has 1 saturated heterocycles. The van der Waals surface area contributed by atoms with Gasteiger partial charge < -0.3 is 15.5 Å². The Morgan fingerprint density at radius 1 is 1.00 bits per heavy atom. The van der Waals surface area contributed by atoms with Crippen molar-refractivity contribution in [3.05, 3.63) is 66.0 Å². The van der Waals surface area contributed by atoms with Crippen LogP contribution in [0.1, 0.15) is 12.5 Å². The molecule has 0 aromatic heterocycles. The molecule has 0 bridgehead atoms. The van der Waals surface area contributed by atoms with Gasteiger partial charge in [-0.05, 0) is 25.1 Å². The highest BCUT2D eigenvalue weighted by Crippen LogP contribution is 2.16. The largest absolute Gasteiger partial charge is 0.369 e. The molecule has 1 aliphatic rings. The topological polar surface area (TPSA) is 42.9 Å². The SMILES string of the molecule is CN=C(NCc1ccccc1F)NCC(C)N1CCN(c2ccccc2)CC1.I. The van der Waals surface area contributed by atoms with E-state index in [9.17, 15) is 4.39 Å². The first-order valence-electron chi connectivity index (χ1n) is 9.89. The molecule has 5 nitrogen and oxygen atoms in total. The van der Waals surface area contributed by atoms with Gasteiger partial charge in [-0.1, -0.05) is 36.4 Å². The third-order valence-electron chi connectivity index (χ3n) is 5.25. The lowest BCUT2D eigenvalue weighted by Gasteiger charge is -2.39. The van der Waals surface area contributed by atoms with Crippen LogP contribution in [0.4, 0.5) is 10.1 Å². The summed E-state index contributed by atoms with van der Waals surface area (Å²) in [5, 5.41) is 6.55. The number of nitrogens with zero attached hydrogens (tertiary/aromatic N) is 3. The lowest BCUT2D eigenvalue weighted by Crippen LogP contribution is -2.53. The van der Waals surface area contributed by atoms with Crippen molar-refractivity contribution in [1.82, 2.24) is 15.5 Å². The fourth-order valence-corrected chi connectivity index (χ4v) is 3.47. The third-order valence-corrected chi connectivity index (χ3v) is 5.25. The molecule has 29 heavy (non-hydrogen) atoms. The van der Waals surface area contributed by atoms with E-state index in [1.807, 2.05) is 6.07 Å². The van der Waals surface area contributed by atoms with E-state index in [1.165, 1.54) is 11.8 Å². The molecule has 0 saturated carbocycles. The van der Waals surface area contributed by atoms with E-state index in [4.69, 9.17) is 0 Å². The second-order valence-electron chi connectivity index (χ2n) is 7.11. The van der Waals surface area contributed by atoms with Crippen molar-refractivity contribution >= 4 is 35.6 Å². The molecule has 0 aliphatic carbocycles. The summed E-state index contributed by atoms with van der Waals surface area (Å²) < 4.78 is 13.7. The lowest BCUT2D eigenvalue weighted by molar-refractivity contribution is 0.197. The molecule has 0 radical (unpaired) electrons. The van der Waals surface area contributed by atoms with Gasteiger partial charge in [-0.2, -0.15) is 0 Å². The molecule has 3 rings (SSSR count). The molecular weight excluding hydrogens is 480 g/mol. The van der Waals surface area contributed by atoms with E-state index < -0.39 is 0 Å². The number of hydrogen-bond donors (Lipinski definition) is 2. The zero-order valence-corrected chi connectivity index (χ0v) is 19.5. The zero-order valence-electron chi connectivity index (χ0n) is 17.1. The first-order valence-corrected chi connectivity index (χ1v) is 9.89. The van der Waals surface area contributed by atoms with Gasteiger partial charge >= 0.3 is 0 Å². The van der Waals surface area contributed by atoms with Crippen molar-refractivity contribution < 1.29 is 4.39 Å². The third kappa shape index (κ3) is 6.85. The molecule has 7 heteroatoms. The Hall–Kier alpha value is -1.87. The van der Waals surface area contributed by atoms with E-state index in [-0.39, 0.29) is 29.8 Å². The summed E-state index contributed by atoms with van der Waals surface area (Å²) in [4.78, 5) is 9.18. The summed E-state index contributed by atoms with van der Waals surface area (Å²) >= 11 is 0. The highest BCUT2D eigenvalue weighted by Gasteiger charge is 2.21. The lowest BCUT2D eigenvalue weighted by atomic mass is 10.2. The Kier molecular flexibility index (Phi) is 9.66. The van der Waals surface area contributed by atoms with Crippen LogP contribution in [-0.4, -0.2) is 56.7 Å². The fourth-order valence-electron chi connectivity index (χ4n) is 3.47.